The van der Waals surface area contributed by atoms with Crippen LogP contribution in [0.3, 0.4) is 0 Å². The minimum absolute atomic E-state index is 0.133. The molecule has 0 heterocycles. The second-order valence-electron chi connectivity index (χ2n) is 4.04. The smallest absolute Gasteiger partial charge is 0.382 e. The lowest BCUT2D eigenvalue weighted by molar-refractivity contribution is -0.137. The van der Waals surface area contributed by atoms with Crippen LogP contribution in [0.1, 0.15) is 36.2 Å². The summed E-state index contributed by atoms with van der Waals surface area (Å²) in [6.07, 6.45) is -4.35. The highest BCUT2D eigenvalue weighted by Crippen LogP contribution is 2.30. The highest BCUT2D eigenvalue weighted by molar-refractivity contribution is 6.02. The van der Waals surface area contributed by atoms with Crippen molar-refractivity contribution < 1.29 is 23.1 Å². The maximum atomic E-state index is 12.4. The SMILES string of the molecule is CCC(C)(O)C(=O)c1cccc(C(F)(F)F)c1. The predicted molar refractivity (Wildman–Crippen MR) is 56.7 cm³/mol. The molecule has 94 valence electrons. The molecule has 1 rings (SSSR count). The van der Waals surface area contributed by atoms with Crippen LogP contribution in [-0.2, 0) is 6.18 Å². The Hall–Kier alpha value is -1.36. The molecule has 0 saturated carbocycles. The van der Waals surface area contributed by atoms with Crippen molar-refractivity contribution in [2.24, 2.45) is 0 Å². The van der Waals surface area contributed by atoms with E-state index in [1.807, 2.05) is 0 Å². The lowest BCUT2D eigenvalue weighted by atomic mass is 9.91. The van der Waals surface area contributed by atoms with Crippen molar-refractivity contribution in [3.63, 3.8) is 0 Å². The number of halogens is 3. The molecule has 0 saturated heterocycles. The number of carbonyl (C=O) groups is 1. The van der Waals surface area contributed by atoms with Crippen molar-refractivity contribution in [1.82, 2.24) is 0 Å². The molecular formula is C12H13F3O2. The summed E-state index contributed by atoms with van der Waals surface area (Å²) < 4.78 is 37.3. The third kappa shape index (κ3) is 3.06. The van der Waals surface area contributed by atoms with Crippen molar-refractivity contribution >= 4 is 5.78 Å². The van der Waals surface area contributed by atoms with Crippen LogP contribution >= 0.6 is 0 Å². The van der Waals surface area contributed by atoms with Gasteiger partial charge in [0.15, 0.2) is 5.78 Å². The summed E-state index contributed by atoms with van der Waals surface area (Å²) in [4.78, 5) is 11.8. The molecule has 0 aromatic heterocycles. The van der Waals surface area contributed by atoms with Crippen molar-refractivity contribution in [2.45, 2.75) is 32.0 Å². The molecule has 2 nitrogen and oxygen atoms in total. The van der Waals surface area contributed by atoms with Crippen LogP contribution in [0.4, 0.5) is 13.2 Å². The van der Waals surface area contributed by atoms with Crippen molar-refractivity contribution in [3.8, 4) is 0 Å². The Labute approximate surface area is 97.1 Å². The lowest BCUT2D eigenvalue weighted by Gasteiger charge is -2.20. The molecule has 0 aliphatic carbocycles. The number of Topliss-reactive ketones (excluding diaryl/α,β-unsaturated/α-hetero) is 1. The molecule has 1 aromatic carbocycles. The van der Waals surface area contributed by atoms with Gasteiger partial charge in [-0.2, -0.15) is 13.2 Å². The van der Waals surface area contributed by atoms with E-state index in [1.54, 1.807) is 6.92 Å². The van der Waals surface area contributed by atoms with Crippen LogP contribution in [0.2, 0.25) is 0 Å². The van der Waals surface area contributed by atoms with Gasteiger partial charge in [0.05, 0.1) is 5.56 Å². The van der Waals surface area contributed by atoms with Gasteiger partial charge >= 0.3 is 6.18 Å². The van der Waals surface area contributed by atoms with E-state index in [9.17, 15) is 23.1 Å². The van der Waals surface area contributed by atoms with Gasteiger partial charge in [0.25, 0.3) is 0 Å². The highest BCUT2D eigenvalue weighted by Gasteiger charge is 2.33. The largest absolute Gasteiger partial charge is 0.416 e. The molecule has 0 aliphatic heterocycles. The predicted octanol–water partition coefficient (Wildman–Crippen LogP) is 3.05. The number of aliphatic hydroxyl groups is 1. The first-order valence-corrected chi connectivity index (χ1v) is 5.13. The Morgan fingerprint density at radius 2 is 1.94 bits per heavy atom. The zero-order chi connectivity index (χ0) is 13.3. The second kappa shape index (κ2) is 4.49. The van der Waals surface area contributed by atoms with Gasteiger partial charge in [0.2, 0.25) is 0 Å². The van der Waals surface area contributed by atoms with E-state index in [4.69, 9.17) is 0 Å². The minimum atomic E-state index is -4.49. The van der Waals surface area contributed by atoms with E-state index in [0.29, 0.717) is 0 Å². The van der Waals surface area contributed by atoms with Gasteiger partial charge in [-0.1, -0.05) is 19.1 Å². The molecule has 1 unspecified atom stereocenters. The van der Waals surface area contributed by atoms with Crippen LogP contribution in [0.25, 0.3) is 0 Å². The van der Waals surface area contributed by atoms with E-state index < -0.39 is 23.1 Å². The molecule has 0 amide bonds. The van der Waals surface area contributed by atoms with Gasteiger partial charge in [-0.25, -0.2) is 0 Å². The zero-order valence-electron chi connectivity index (χ0n) is 9.51. The summed E-state index contributed by atoms with van der Waals surface area (Å²) in [5.41, 5.74) is -2.66. The first-order valence-electron chi connectivity index (χ1n) is 5.13. The van der Waals surface area contributed by atoms with Crippen LogP contribution in [0, 0.1) is 0 Å². The normalized spacial score (nSPS) is 15.4. The molecule has 0 aliphatic rings. The Morgan fingerprint density at radius 3 is 2.41 bits per heavy atom. The standard InChI is InChI=1S/C12H13F3O2/c1-3-11(2,17)10(16)8-5-4-6-9(7-8)12(13,14)15/h4-7,17H,3H2,1-2H3. The van der Waals surface area contributed by atoms with E-state index >= 15 is 0 Å². The zero-order valence-corrected chi connectivity index (χ0v) is 9.51. The Kier molecular flexibility index (Phi) is 3.62. The molecule has 0 spiro atoms. The van der Waals surface area contributed by atoms with Crippen LogP contribution in [0.5, 0.6) is 0 Å². The quantitative estimate of drug-likeness (QED) is 0.832. The number of hydrogen-bond donors (Lipinski definition) is 1. The highest BCUT2D eigenvalue weighted by atomic mass is 19.4. The number of benzene rings is 1. The van der Waals surface area contributed by atoms with Gasteiger partial charge < -0.3 is 5.11 Å². The van der Waals surface area contributed by atoms with Crippen LogP contribution < -0.4 is 0 Å². The average Bonchev–Trinajstić information content (AvgIpc) is 2.27. The number of hydrogen-bond acceptors (Lipinski definition) is 2. The molecule has 17 heavy (non-hydrogen) atoms. The fraction of sp³-hybridized carbons (Fsp3) is 0.417. The van der Waals surface area contributed by atoms with Gasteiger partial charge in [0.1, 0.15) is 5.60 Å². The molecule has 0 bridgehead atoms. The van der Waals surface area contributed by atoms with E-state index in [0.717, 1.165) is 18.2 Å². The van der Waals surface area contributed by atoms with Crippen LogP contribution in [-0.4, -0.2) is 16.5 Å². The minimum Gasteiger partial charge on any atom is -0.382 e. The topological polar surface area (TPSA) is 37.3 Å². The number of rotatable bonds is 3. The summed E-state index contributed by atoms with van der Waals surface area (Å²) in [6.45, 7) is 2.88. The van der Waals surface area contributed by atoms with Crippen molar-refractivity contribution in [1.29, 1.82) is 0 Å². The van der Waals surface area contributed by atoms with E-state index in [2.05, 4.69) is 0 Å². The molecule has 0 radical (unpaired) electrons. The fourth-order valence-electron chi connectivity index (χ4n) is 1.31. The monoisotopic (exact) mass is 246 g/mol. The Morgan fingerprint density at radius 1 is 1.35 bits per heavy atom. The Balaban J connectivity index is 3.13. The maximum Gasteiger partial charge on any atom is 0.416 e. The summed E-state index contributed by atoms with van der Waals surface area (Å²) in [5.74, 6) is -0.703. The molecule has 1 aromatic rings. The first-order chi connectivity index (χ1) is 7.68. The Bertz CT molecular complexity index is 422. The van der Waals surface area contributed by atoms with Crippen molar-refractivity contribution in [2.75, 3.05) is 0 Å². The van der Waals surface area contributed by atoms with Gasteiger partial charge in [-0.05, 0) is 25.5 Å². The summed E-state index contributed by atoms with van der Waals surface area (Å²) in [6, 6.07) is 4.06. The van der Waals surface area contributed by atoms with Gasteiger partial charge in [-0.3, -0.25) is 4.79 Å². The van der Waals surface area contributed by atoms with Crippen molar-refractivity contribution in [3.05, 3.63) is 35.4 Å². The summed E-state index contributed by atoms with van der Waals surface area (Å²) in [5, 5.41) is 9.71. The number of alkyl halides is 3. The van der Waals surface area contributed by atoms with E-state index in [1.165, 1.54) is 13.0 Å². The molecular weight excluding hydrogens is 233 g/mol. The molecule has 1 atom stereocenters. The van der Waals surface area contributed by atoms with Gasteiger partial charge in [0, 0.05) is 5.56 Å². The fourth-order valence-corrected chi connectivity index (χ4v) is 1.31. The maximum absolute atomic E-state index is 12.4. The van der Waals surface area contributed by atoms with E-state index in [-0.39, 0.29) is 12.0 Å². The number of carbonyl (C=O) groups excluding carboxylic acids is 1. The van der Waals surface area contributed by atoms with Gasteiger partial charge in [-0.15, -0.1) is 0 Å². The third-order valence-corrected chi connectivity index (χ3v) is 2.63. The summed E-state index contributed by atoms with van der Waals surface area (Å²) in [7, 11) is 0. The van der Waals surface area contributed by atoms with Crippen LogP contribution in [0.15, 0.2) is 24.3 Å². The lowest BCUT2D eigenvalue weighted by Crippen LogP contribution is -2.34. The first kappa shape index (κ1) is 13.7. The summed E-state index contributed by atoms with van der Waals surface area (Å²) >= 11 is 0. The molecule has 0 fully saturated rings. The average molecular weight is 246 g/mol. The third-order valence-electron chi connectivity index (χ3n) is 2.63. The molecule has 5 heteroatoms. The number of ketones is 1. The second-order valence-corrected chi connectivity index (χ2v) is 4.04. The molecule has 1 N–H and O–H groups in total.